The van der Waals surface area contributed by atoms with Crippen molar-refractivity contribution >= 4 is 11.8 Å². The monoisotopic (exact) mass is 399 g/mol. The molecule has 0 unspecified atom stereocenters. The van der Waals surface area contributed by atoms with Crippen molar-refractivity contribution in [2.24, 2.45) is 0 Å². The molecule has 0 aliphatic rings. The molecular weight excluding hydrogens is 370 g/mol. The quantitative estimate of drug-likeness (QED) is 0.639. The van der Waals surface area contributed by atoms with Gasteiger partial charge in [0.25, 0.3) is 11.8 Å². The summed E-state index contributed by atoms with van der Waals surface area (Å²) in [7, 11) is 7.08. The fraction of sp³-hybridized carbons (Fsp3) is 0.364. The van der Waals surface area contributed by atoms with Gasteiger partial charge in [0.05, 0.1) is 14.2 Å². The van der Waals surface area contributed by atoms with Gasteiger partial charge in [-0.05, 0) is 62.5 Å². The molecule has 0 bridgehead atoms. The predicted octanol–water partition coefficient (Wildman–Crippen LogP) is 1.97. The summed E-state index contributed by atoms with van der Waals surface area (Å²) >= 11 is 0. The SMILES string of the molecule is COc1ccc(CCNC(=O)c2ccc(C(=O)NCCN(C)C)cc2)cc1OC. The van der Waals surface area contributed by atoms with Crippen LogP contribution >= 0.6 is 0 Å². The summed E-state index contributed by atoms with van der Waals surface area (Å²) in [6.45, 7) is 1.83. The number of ether oxygens (including phenoxy) is 2. The third-order valence-corrected chi connectivity index (χ3v) is 4.40. The Morgan fingerprint density at radius 1 is 0.828 bits per heavy atom. The number of methoxy groups -OCH3 is 2. The van der Waals surface area contributed by atoms with E-state index in [1.54, 1.807) is 38.5 Å². The fourth-order valence-electron chi connectivity index (χ4n) is 2.73. The molecule has 0 saturated carbocycles. The molecule has 156 valence electrons. The van der Waals surface area contributed by atoms with Crippen molar-refractivity contribution in [3.8, 4) is 11.5 Å². The number of carbonyl (C=O) groups excluding carboxylic acids is 2. The molecule has 7 heteroatoms. The van der Waals surface area contributed by atoms with Crippen LogP contribution in [0, 0.1) is 0 Å². The summed E-state index contributed by atoms with van der Waals surface area (Å²) in [5, 5.41) is 5.74. The highest BCUT2D eigenvalue weighted by Gasteiger charge is 2.09. The molecule has 2 N–H and O–H groups in total. The second-order valence-corrected chi connectivity index (χ2v) is 6.83. The molecule has 29 heavy (non-hydrogen) atoms. The van der Waals surface area contributed by atoms with Crippen molar-refractivity contribution in [1.29, 1.82) is 0 Å². The van der Waals surface area contributed by atoms with Crippen LogP contribution in [0.25, 0.3) is 0 Å². The van der Waals surface area contributed by atoms with E-state index in [2.05, 4.69) is 10.6 Å². The summed E-state index contributed by atoms with van der Waals surface area (Å²) in [6.07, 6.45) is 0.665. The molecule has 2 rings (SSSR count). The smallest absolute Gasteiger partial charge is 0.251 e. The highest BCUT2D eigenvalue weighted by molar-refractivity contribution is 5.97. The van der Waals surface area contributed by atoms with Crippen molar-refractivity contribution in [3.05, 3.63) is 59.2 Å². The minimum absolute atomic E-state index is 0.146. The van der Waals surface area contributed by atoms with Gasteiger partial charge in [0, 0.05) is 30.8 Å². The molecule has 0 spiro atoms. The summed E-state index contributed by atoms with van der Waals surface area (Å²) in [5.74, 6) is 1.01. The van der Waals surface area contributed by atoms with Gasteiger partial charge >= 0.3 is 0 Å². The minimum atomic E-state index is -0.176. The second-order valence-electron chi connectivity index (χ2n) is 6.83. The Labute approximate surface area is 172 Å². The minimum Gasteiger partial charge on any atom is -0.493 e. The molecule has 2 aromatic carbocycles. The van der Waals surface area contributed by atoms with Crippen molar-refractivity contribution < 1.29 is 19.1 Å². The van der Waals surface area contributed by atoms with E-state index < -0.39 is 0 Å². The number of hydrogen-bond donors (Lipinski definition) is 2. The van der Waals surface area contributed by atoms with Crippen molar-refractivity contribution in [1.82, 2.24) is 15.5 Å². The Morgan fingerprint density at radius 3 is 1.90 bits per heavy atom. The average molecular weight is 399 g/mol. The number of nitrogens with one attached hydrogen (secondary N) is 2. The lowest BCUT2D eigenvalue weighted by atomic mass is 10.1. The first-order valence-electron chi connectivity index (χ1n) is 9.46. The molecule has 0 aromatic heterocycles. The molecule has 0 aliphatic heterocycles. The Bertz CT molecular complexity index is 819. The van der Waals surface area contributed by atoms with Gasteiger partial charge in [-0.2, -0.15) is 0 Å². The zero-order valence-electron chi connectivity index (χ0n) is 17.5. The topological polar surface area (TPSA) is 79.9 Å². The van der Waals surface area contributed by atoms with E-state index in [4.69, 9.17) is 9.47 Å². The number of rotatable bonds is 10. The molecule has 0 saturated heterocycles. The van der Waals surface area contributed by atoms with Gasteiger partial charge in [-0.25, -0.2) is 0 Å². The number of likely N-dealkylation sites (N-methyl/N-ethyl adjacent to an activating group) is 1. The van der Waals surface area contributed by atoms with Crippen LogP contribution in [0.4, 0.5) is 0 Å². The lowest BCUT2D eigenvalue weighted by Gasteiger charge is -2.11. The number of benzene rings is 2. The van der Waals surface area contributed by atoms with Crippen LogP contribution < -0.4 is 20.1 Å². The van der Waals surface area contributed by atoms with Crippen LogP contribution in [0.1, 0.15) is 26.3 Å². The van der Waals surface area contributed by atoms with Gasteiger partial charge in [-0.3, -0.25) is 9.59 Å². The second kappa shape index (κ2) is 11.1. The van der Waals surface area contributed by atoms with E-state index in [9.17, 15) is 9.59 Å². The van der Waals surface area contributed by atoms with Gasteiger partial charge < -0.3 is 25.0 Å². The summed E-state index contributed by atoms with van der Waals surface area (Å²) < 4.78 is 10.5. The Balaban J connectivity index is 1.84. The molecule has 2 aromatic rings. The standard InChI is InChI=1S/C22H29N3O4/c1-25(2)14-13-24-22(27)18-8-6-17(7-9-18)21(26)23-12-11-16-5-10-19(28-3)20(15-16)29-4/h5-10,15H,11-14H2,1-4H3,(H,23,26)(H,24,27). The maximum atomic E-state index is 12.3. The summed E-state index contributed by atoms with van der Waals surface area (Å²) in [5.41, 5.74) is 2.08. The van der Waals surface area contributed by atoms with Crippen molar-refractivity contribution in [2.45, 2.75) is 6.42 Å². The Hall–Kier alpha value is -3.06. The first-order valence-corrected chi connectivity index (χ1v) is 9.46. The summed E-state index contributed by atoms with van der Waals surface area (Å²) in [6, 6.07) is 12.3. The van der Waals surface area contributed by atoms with E-state index in [1.165, 1.54) is 0 Å². The van der Waals surface area contributed by atoms with Crippen LogP contribution in [-0.2, 0) is 6.42 Å². The molecular formula is C22H29N3O4. The van der Waals surface area contributed by atoms with Crippen LogP contribution in [0.2, 0.25) is 0 Å². The van der Waals surface area contributed by atoms with Crippen LogP contribution in [0.5, 0.6) is 11.5 Å². The van der Waals surface area contributed by atoms with E-state index in [0.29, 0.717) is 42.1 Å². The molecule has 7 nitrogen and oxygen atoms in total. The third-order valence-electron chi connectivity index (χ3n) is 4.40. The van der Waals surface area contributed by atoms with Crippen LogP contribution in [0.15, 0.2) is 42.5 Å². The first-order chi connectivity index (χ1) is 13.9. The number of hydrogen-bond acceptors (Lipinski definition) is 5. The lowest BCUT2D eigenvalue weighted by Crippen LogP contribution is -2.31. The zero-order valence-corrected chi connectivity index (χ0v) is 17.5. The van der Waals surface area contributed by atoms with Crippen molar-refractivity contribution in [3.63, 3.8) is 0 Å². The molecule has 2 amide bonds. The largest absolute Gasteiger partial charge is 0.493 e. The van der Waals surface area contributed by atoms with E-state index >= 15 is 0 Å². The fourth-order valence-corrected chi connectivity index (χ4v) is 2.73. The molecule has 0 radical (unpaired) electrons. The first kappa shape index (κ1) is 22.2. The normalized spacial score (nSPS) is 10.5. The number of amides is 2. The van der Waals surface area contributed by atoms with Gasteiger partial charge in [-0.15, -0.1) is 0 Å². The van der Waals surface area contributed by atoms with Gasteiger partial charge in [-0.1, -0.05) is 6.07 Å². The molecule has 0 heterocycles. The van der Waals surface area contributed by atoms with Gasteiger partial charge in [0.2, 0.25) is 0 Å². The maximum absolute atomic E-state index is 12.3. The predicted molar refractivity (Wildman–Crippen MR) is 113 cm³/mol. The van der Waals surface area contributed by atoms with E-state index in [0.717, 1.165) is 12.1 Å². The maximum Gasteiger partial charge on any atom is 0.251 e. The lowest BCUT2D eigenvalue weighted by molar-refractivity contribution is 0.0940. The molecule has 0 fully saturated rings. The molecule has 0 atom stereocenters. The zero-order chi connectivity index (χ0) is 21.2. The highest BCUT2D eigenvalue weighted by Crippen LogP contribution is 2.27. The third kappa shape index (κ3) is 6.80. The summed E-state index contributed by atoms with van der Waals surface area (Å²) in [4.78, 5) is 26.4. The van der Waals surface area contributed by atoms with E-state index in [-0.39, 0.29) is 11.8 Å². The highest BCUT2D eigenvalue weighted by atomic mass is 16.5. The van der Waals surface area contributed by atoms with Gasteiger partial charge in [0.1, 0.15) is 0 Å². The van der Waals surface area contributed by atoms with Crippen LogP contribution in [-0.4, -0.2) is 64.7 Å². The Kier molecular flexibility index (Phi) is 8.48. The number of carbonyl (C=O) groups is 2. The Morgan fingerprint density at radius 2 is 1.38 bits per heavy atom. The average Bonchev–Trinajstić information content (AvgIpc) is 2.73. The number of nitrogens with zero attached hydrogens (tertiary/aromatic N) is 1. The van der Waals surface area contributed by atoms with Crippen molar-refractivity contribution in [2.75, 3.05) is 47.9 Å². The van der Waals surface area contributed by atoms with Gasteiger partial charge in [0.15, 0.2) is 11.5 Å². The van der Waals surface area contributed by atoms with Crippen LogP contribution in [0.3, 0.4) is 0 Å². The molecule has 0 aliphatic carbocycles. The van der Waals surface area contributed by atoms with E-state index in [1.807, 2.05) is 37.2 Å².